The zero-order valence-corrected chi connectivity index (χ0v) is 13.3. The van der Waals surface area contributed by atoms with Crippen LogP contribution in [0, 0.1) is 0 Å². The minimum absolute atomic E-state index is 0.119. The number of halogens is 1. The van der Waals surface area contributed by atoms with Gasteiger partial charge in [0.1, 0.15) is 17.4 Å². The number of hydrogen-bond acceptors (Lipinski definition) is 4. The maximum Gasteiger partial charge on any atom is 0.407 e. The van der Waals surface area contributed by atoms with Crippen LogP contribution in [0.15, 0.2) is 18.6 Å². The van der Waals surface area contributed by atoms with Crippen LogP contribution in [-0.4, -0.2) is 32.3 Å². The van der Waals surface area contributed by atoms with Crippen molar-refractivity contribution in [3.8, 4) is 0 Å². The van der Waals surface area contributed by atoms with Gasteiger partial charge in [0.2, 0.25) is 0 Å². The molecule has 1 amide bonds. The fraction of sp³-hybridized carbons (Fsp3) is 0.500. The highest BCUT2D eigenvalue weighted by Crippen LogP contribution is 2.20. The van der Waals surface area contributed by atoms with Crippen molar-refractivity contribution >= 4 is 28.7 Å². The van der Waals surface area contributed by atoms with Crippen LogP contribution in [0.3, 0.4) is 0 Å². The average molecular weight is 311 g/mol. The van der Waals surface area contributed by atoms with Crippen LogP contribution in [0.2, 0.25) is 5.15 Å². The number of aromatic nitrogens is 3. The van der Waals surface area contributed by atoms with Gasteiger partial charge in [-0.2, -0.15) is 0 Å². The first kappa shape index (κ1) is 15.6. The lowest BCUT2D eigenvalue weighted by Crippen LogP contribution is -2.39. The minimum Gasteiger partial charge on any atom is -0.444 e. The Morgan fingerprint density at radius 1 is 1.48 bits per heavy atom. The van der Waals surface area contributed by atoms with E-state index in [-0.39, 0.29) is 6.04 Å². The third-order valence-corrected chi connectivity index (χ3v) is 3.02. The van der Waals surface area contributed by atoms with Crippen LogP contribution in [0.25, 0.3) is 11.0 Å². The third-order valence-electron chi connectivity index (χ3n) is 2.74. The summed E-state index contributed by atoms with van der Waals surface area (Å²) >= 11 is 6.10. The first-order valence-electron chi connectivity index (χ1n) is 6.71. The van der Waals surface area contributed by atoms with Crippen molar-refractivity contribution in [3.05, 3.63) is 23.7 Å². The summed E-state index contributed by atoms with van der Waals surface area (Å²) in [6, 6.07) is 1.75. The Hall–Kier alpha value is -1.82. The Bertz CT molecular complexity index is 648. The van der Waals surface area contributed by atoms with Crippen molar-refractivity contribution in [1.29, 1.82) is 0 Å². The summed E-state index contributed by atoms with van der Waals surface area (Å²) in [5.41, 5.74) is 1.03. The van der Waals surface area contributed by atoms with Crippen LogP contribution in [0.4, 0.5) is 4.79 Å². The highest BCUT2D eigenvalue weighted by molar-refractivity contribution is 6.33. The first-order chi connectivity index (χ1) is 9.76. The first-order valence-corrected chi connectivity index (χ1v) is 7.09. The summed E-state index contributed by atoms with van der Waals surface area (Å²) in [5, 5.41) is 3.19. The number of fused-ring (bicyclic) bond motifs is 1. The van der Waals surface area contributed by atoms with Crippen LogP contribution in [0.1, 0.15) is 27.7 Å². The van der Waals surface area contributed by atoms with Gasteiger partial charge in [-0.1, -0.05) is 11.6 Å². The number of ether oxygens (including phenoxy) is 1. The van der Waals surface area contributed by atoms with Gasteiger partial charge < -0.3 is 14.6 Å². The fourth-order valence-electron chi connectivity index (χ4n) is 1.99. The maximum absolute atomic E-state index is 11.7. The van der Waals surface area contributed by atoms with Crippen LogP contribution < -0.4 is 5.32 Å². The molecule has 114 valence electrons. The van der Waals surface area contributed by atoms with Crippen molar-refractivity contribution in [2.24, 2.45) is 0 Å². The quantitative estimate of drug-likeness (QED) is 0.885. The number of rotatable bonds is 3. The van der Waals surface area contributed by atoms with Gasteiger partial charge in [0.15, 0.2) is 5.15 Å². The van der Waals surface area contributed by atoms with Crippen LogP contribution in [0.5, 0.6) is 0 Å². The Balaban J connectivity index is 2.05. The second kappa shape index (κ2) is 5.89. The van der Waals surface area contributed by atoms with Crippen molar-refractivity contribution < 1.29 is 9.53 Å². The lowest BCUT2D eigenvalue weighted by Gasteiger charge is -2.22. The summed E-state index contributed by atoms with van der Waals surface area (Å²) in [5.74, 6) is 0. The van der Waals surface area contributed by atoms with E-state index in [1.165, 1.54) is 6.33 Å². The number of carbonyl (C=O) groups is 1. The van der Waals surface area contributed by atoms with E-state index in [2.05, 4.69) is 15.3 Å². The topological polar surface area (TPSA) is 69.0 Å². The van der Waals surface area contributed by atoms with Gasteiger partial charge in [-0.3, -0.25) is 0 Å². The van der Waals surface area contributed by atoms with E-state index in [9.17, 15) is 4.79 Å². The Labute approximate surface area is 128 Å². The highest BCUT2D eigenvalue weighted by atomic mass is 35.5. The summed E-state index contributed by atoms with van der Waals surface area (Å²) < 4.78 is 7.15. The summed E-state index contributed by atoms with van der Waals surface area (Å²) in [6.07, 6.45) is 2.87. The summed E-state index contributed by atoms with van der Waals surface area (Å²) in [7, 11) is 0. The number of alkyl carbamates (subject to hydrolysis) is 1. The molecule has 0 radical (unpaired) electrons. The molecular weight excluding hydrogens is 292 g/mol. The molecule has 2 aromatic rings. The van der Waals surface area contributed by atoms with Crippen LogP contribution >= 0.6 is 11.6 Å². The molecule has 0 aromatic carbocycles. The Morgan fingerprint density at radius 2 is 2.19 bits per heavy atom. The SMILES string of the molecule is CC(Cn1ccc2ncnc(Cl)c21)NC(=O)OC(C)(C)C. The fourth-order valence-corrected chi connectivity index (χ4v) is 2.24. The van der Waals surface area contributed by atoms with E-state index in [1.54, 1.807) is 0 Å². The van der Waals surface area contributed by atoms with Crippen molar-refractivity contribution in [2.75, 3.05) is 0 Å². The van der Waals surface area contributed by atoms with Crippen molar-refractivity contribution in [2.45, 2.75) is 45.9 Å². The molecule has 1 unspecified atom stereocenters. The van der Waals surface area contributed by atoms with Gasteiger partial charge in [0.25, 0.3) is 0 Å². The Kier molecular flexibility index (Phi) is 4.37. The normalized spacial score (nSPS) is 13.2. The van der Waals surface area contributed by atoms with Gasteiger partial charge in [-0.15, -0.1) is 0 Å². The predicted octanol–water partition coefficient (Wildman–Crippen LogP) is 3.00. The molecule has 2 aromatic heterocycles. The van der Waals surface area contributed by atoms with E-state index >= 15 is 0 Å². The van der Waals surface area contributed by atoms with E-state index in [0.29, 0.717) is 11.7 Å². The van der Waals surface area contributed by atoms with Gasteiger partial charge in [0, 0.05) is 18.8 Å². The van der Waals surface area contributed by atoms with Gasteiger partial charge >= 0.3 is 6.09 Å². The second-order valence-electron chi connectivity index (χ2n) is 5.91. The summed E-state index contributed by atoms with van der Waals surface area (Å²) in [6.45, 7) is 7.93. The number of nitrogens with one attached hydrogen (secondary N) is 1. The van der Waals surface area contributed by atoms with E-state index in [1.807, 2.05) is 44.5 Å². The third kappa shape index (κ3) is 4.07. The predicted molar refractivity (Wildman–Crippen MR) is 81.4 cm³/mol. The molecule has 7 heteroatoms. The van der Waals surface area contributed by atoms with Crippen molar-refractivity contribution in [3.63, 3.8) is 0 Å². The monoisotopic (exact) mass is 310 g/mol. The number of nitrogens with zero attached hydrogens (tertiary/aromatic N) is 3. The molecule has 0 aliphatic rings. The molecular formula is C14H19ClN4O2. The lowest BCUT2D eigenvalue weighted by molar-refractivity contribution is 0.0504. The van der Waals surface area contributed by atoms with E-state index in [4.69, 9.17) is 16.3 Å². The standard InChI is InChI=1S/C14H19ClN4O2/c1-9(18-13(20)21-14(2,3)4)7-19-6-5-10-11(19)12(15)17-8-16-10/h5-6,8-9H,7H2,1-4H3,(H,18,20). The number of carbonyl (C=O) groups excluding carboxylic acids is 1. The van der Waals surface area contributed by atoms with Gasteiger partial charge in [-0.25, -0.2) is 14.8 Å². The molecule has 2 rings (SSSR count). The molecule has 0 saturated heterocycles. The molecule has 0 aliphatic heterocycles. The molecule has 6 nitrogen and oxygen atoms in total. The minimum atomic E-state index is -0.513. The molecule has 0 spiro atoms. The highest BCUT2D eigenvalue weighted by Gasteiger charge is 2.18. The van der Waals surface area contributed by atoms with E-state index < -0.39 is 11.7 Å². The molecule has 21 heavy (non-hydrogen) atoms. The largest absolute Gasteiger partial charge is 0.444 e. The molecule has 2 heterocycles. The molecule has 0 aliphatic carbocycles. The van der Waals surface area contributed by atoms with Gasteiger partial charge in [-0.05, 0) is 33.8 Å². The maximum atomic E-state index is 11.7. The van der Waals surface area contributed by atoms with Gasteiger partial charge in [0.05, 0.1) is 5.52 Å². The molecule has 0 fully saturated rings. The average Bonchev–Trinajstić information content (AvgIpc) is 2.70. The number of hydrogen-bond donors (Lipinski definition) is 1. The van der Waals surface area contributed by atoms with Crippen molar-refractivity contribution in [1.82, 2.24) is 19.9 Å². The molecule has 0 saturated carbocycles. The zero-order chi connectivity index (χ0) is 15.6. The smallest absolute Gasteiger partial charge is 0.407 e. The lowest BCUT2D eigenvalue weighted by atomic mass is 10.2. The Morgan fingerprint density at radius 3 is 2.86 bits per heavy atom. The molecule has 1 atom stereocenters. The number of amides is 1. The second-order valence-corrected chi connectivity index (χ2v) is 6.27. The zero-order valence-electron chi connectivity index (χ0n) is 12.6. The summed E-state index contributed by atoms with van der Waals surface area (Å²) in [4.78, 5) is 19.9. The van der Waals surface area contributed by atoms with Crippen LogP contribution in [-0.2, 0) is 11.3 Å². The van der Waals surface area contributed by atoms with E-state index in [0.717, 1.165) is 11.0 Å². The molecule has 1 N–H and O–H groups in total. The molecule has 0 bridgehead atoms.